The lowest BCUT2D eigenvalue weighted by molar-refractivity contribution is -0.309. The summed E-state index contributed by atoms with van der Waals surface area (Å²) in [6.07, 6.45) is -1.91. The van der Waals surface area contributed by atoms with Gasteiger partial charge in [-0.25, -0.2) is 0 Å². The molecule has 0 saturated carbocycles. The highest BCUT2D eigenvalue weighted by molar-refractivity contribution is 5.58. The lowest BCUT2D eigenvalue weighted by atomic mass is 9.66. The van der Waals surface area contributed by atoms with Crippen LogP contribution in [0, 0.1) is 34.6 Å². The van der Waals surface area contributed by atoms with E-state index in [1.54, 1.807) is 52.0 Å². The van der Waals surface area contributed by atoms with E-state index in [4.69, 9.17) is 0 Å². The summed E-state index contributed by atoms with van der Waals surface area (Å²) in [5.41, 5.74) is 2.58. The highest BCUT2D eigenvalue weighted by atomic mass is 19.4. The molecule has 0 spiro atoms. The van der Waals surface area contributed by atoms with Gasteiger partial charge in [0.15, 0.2) is 0 Å². The summed E-state index contributed by atoms with van der Waals surface area (Å²) in [7, 11) is 0. The molecule has 0 amide bonds. The first-order valence-electron chi connectivity index (χ1n) is 9.45. The van der Waals surface area contributed by atoms with Gasteiger partial charge in [-0.1, -0.05) is 35.9 Å². The molecule has 0 unspecified atom stereocenters. The van der Waals surface area contributed by atoms with Crippen LogP contribution < -0.4 is 0 Å². The van der Waals surface area contributed by atoms with E-state index in [2.05, 4.69) is 11.7 Å². The Hall–Kier alpha value is -2.89. The van der Waals surface area contributed by atoms with Crippen LogP contribution in [-0.2, 0) is 10.2 Å². The topological polar surface area (TPSA) is 49.7 Å². The van der Waals surface area contributed by atoms with Gasteiger partial charge >= 0.3 is 6.36 Å². The Balaban J connectivity index is 2.40. The van der Waals surface area contributed by atoms with Crippen LogP contribution in [0.15, 0.2) is 47.7 Å². The number of phenolic OH excluding ortho intramolecular Hbond substituents is 2. The SMILES string of the molecule is [CH2]C1=CC=C(OC(F)(F)F)C(c2cc(C)c(O)c(C)c2)(c2cc(C)c(O)c(C)c2)C1. The molecule has 0 aliphatic heterocycles. The summed E-state index contributed by atoms with van der Waals surface area (Å²) in [6.45, 7) is 10.8. The quantitative estimate of drug-likeness (QED) is 0.625. The van der Waals surface area contributed by atoms with Crippen molar-refractivity contribution in [3.05, 3.63) is 88.1 Å². The third-order valence-corrected chi connectivity index (χ3v) is 5.58. The van der Waals surface area contributed by atoms with Crippen LogP contribution in [-0.4, -0.2) is 16.6 Å². The number of benzene rings is 2. The largest absolute Gasteiger partial charge is 0.572 e. The number of rotatable bonds is 3. The maximum atomic E-state index is 13.4. The summed E-state index contributed by atoms with van der Waals surface area (Å²) in [5, 5.41) is 20.5. The summed E-state index contributed by atoms with van der Waals surface area (Å²) in [4.78, 5) is 0. The van der Waals surface area contributed by atoms with Crippen molar-refractivity contribution in [2.24, 2.45) is 0 Å². The highest BCUT2D eigenvalue weighted by Gasteiger charge is 2.47. The van der Waals surface area contributed by atoms with Gasteiger partial charge in [-0.3, -0.25) is 0 Å². The van der Waals surface area contributed by atoms with Crippen molar-refractivity contribution in [3.8, 4) is 11.5 Å². The molecule has 1 aliphatic rings. The molecular formula is C24H24F3O3. The predicted octanol–water partition coefficient (Wildman–Crippen LogP) is 6.20. The standard InChI is InChI=1S/C24H24F3O3/c1-13-6-7-20(30-24(25,26)27)23(12-13,18-8-14(2)21(28)15(3)9-18)19-10-16(4)22(29)17(5)11-19/h6-11,28-29H,1,12H2,2-5H3. The molecule has 30 heavy (non-hydrogen) atoms. The third kappa shape index (κ3) is 3.78. The summed E-state index contributed by atoms with van der Waals surface area (Å²) in [6, 6.07) is 6.69. The minimum absolute atomic E-state index is 0.0930. The number of alkyl halides is 3. The molecule has 159 valence electrons. The van der Waals surface area contributed by atoms with Crippen LogP contribution in [0.4, 0.5) is 13.2 Å². The fourth-order valence-electron chi connectivity index (χ4n) is 4.13. The lowest BCUT2D eigenvalue weighted by Gasteiger charge is -2.40. The number of phenols is 2. The van der Waals surface area contributed by atoms with Crippen LogP contribution in [0.5, 0.6) is 11.5 Å². The number of hydrogen-bond donors (Lipinski definition) is 2. The van der Waals surface area contributed by atoms with Crippen molar-refractivity contribution in [2.75, 3.05) is 0 Å². The average Bonchev–Trinajstić information content (AvgIpc) is 2.63. The molecule has 0 atom stereocenters. The number of hydrogen-bond acceptors (Lipinski definition) is 3. The Labute approximate surface area is 174 Å². The molecule has 0 bridgehead atoms. The zero-order valence-corrected chi connectivity index (χ0v) is 17.3. The van der Waals surface area contributed by atoms with Gasteiger partial charge < -0.3 is 14.9 Å². The molecule has 2 aromatic rings. The number of ether oxygens (including phenoxy) is 1. The monoisotopic (exact) mass is 417 g/mol. The molecule has 0 aromatic heterocycles. The molecule has 2 N–H and O–H groups in total. The van der Waals surface area contributed by atoms with E-state index in [0.29, 0.717) is 39.0 Å². The average molecular weight is 417 g/mol. The van der Waals surface area contributed by atoms with Gasteiger partial charge in [0.2, 0.25) is 0 Å². The summed E-state index contributed by atoms with van der Waals surface area (Å²) in [5.74, 6) is -0.0951. The van der Waals surface area contributed by atoms with Crippen LogP contribution in [0.25, 0.3) is 0 Å². The maximum absolute atomic E-state index is 13.4. The van der Waals surface area contributed by atoms with Crippen molar-refractivity contribution in [1.82, 2.24) is 0 Å². The van der Waals surface area contributed by atoms with Gasteiger partial charge in [-0.15, -0.1) is 13.2 Å². The molecule has 0 heterocycles. The first kappa shape index (κ1) is 21.8. The smallest absolute Gasteiger partial charge is 0.507 e. The van der Waals surface area contributed by atoms with E-state index in [1.165, 1.54) is 12.2 Å². The van der Waals surface area contributed by atoms with Gasteiger partial charge in [0.05, 0.1) is 5.41 Å². The van der Waals surface area contributed by atoms with Gasteiger partial charge in [-0.2, -0.15) is 0 Å². The second-order valence-electron chi connectivity index (χ2n) is 7.90. The number of allylic oxidation sites excluding steroid dienone is 4. The summed E-state index contributed by atoms with van der Waals surface area (Å²) >= 11 is 0. The second kappa shape index (κ2) is 7.42. The van der Waals surface area contributed by atoms with Crippen LogP contribution in [0.2, 0.25) is 0 Å². The van der Waals surface area contributed by atoms with Gasteiger partial charge in [0, 0.05) is 0 Å². The third-order valence-electron chi connectivity index (χ3n) is 5.58. The van der Waals surface area contributed by atoms with Crippen molar-refractivity contribution >= 4 is 0 Å². The molecule has 0 fully saturated rings. The minimum atomic E-state index is -4.88. The molecule has 1 aliphatic carbocycles. The number of aromatic hydroxyl groups is 2. The first-order chi connectivity index (χ1) is 13.8. The molecule has 3 nitrogen and oxygen atoms in total. The first-order valence-corrected chi connectivity index (χ1v) is 9.45. The van der Waals surface area contributed by atoms with Gasteiger partial charge in [-0.05, 0) is 80.5 Å². The van der Waals surface area contributed by atoms with Gasteiger partial charge in [0.25, 0.3) is 0 Å². The maximum Gasteiger partial charge on any atom is 0.572 e. The lowest BCUT2D eigenvalue weighted by Crippen LogP contribution is -2.36. The minimum Gasteiger partial charge on any atom is -0.507 e. The Morgan fingerprint density at radius 3 is 1.60 bits per heavy atom. The van der Waals surface area contributed by atoms with Crippen molar-refractivity contribution in [1.29, 1.82) is 0 Å². The fourth-order valence-corrected chi connectivity index (χ4v) is 4.13. The van der Waals surface area contributed by atoms with Crippen molar-refractivity contribution in [3.63, 3.8) is 0 Å². The van der Waals surface area contributed by atoms with Crippen LogP contribution in [0.3, 0.4) is 0 Å². The molecular weight excluding hydrogens is 393 g/mol. The van der Waals surface area contributed by atoms with E-state index in [-0.39, 0.29) is 23.7 Å². The fraction of sp³-hybridized carbons (Fsp3) is 0.292. The van der Waals surface area contributed by atoms with Crippen molar-refractivity contribution < 1.29 is 28.1 Å². The van der Waals surface area contributed by atoms with E-state index >= 15 is 0 Å². The molecule has 6 heteroatoms. The molecule has 0 saturated heterocycles. The highest BCUT2D eigenvalue weighted by Crippen LogP contribution is 2.50. The van der Waals surface area contributed by atoms with E-state index in [1.807, 2.05) is 0 Å². The zero-order valence-electron chi connectivity index (χ0n) is 17.3. The Kier molecular flexibility index (Phi) is 5.39. The summed E-state index contributed by atoms with van der Waals surface area (Å²) < 4.78 is 44.7. The normalized spacial score (nSPS) is 16.1. The zero-order chi connectivity index (χ0) is 22.4. The van der Waals surface area contributed by atoms with Crippen LogP contribution in [0.1, 0.15) is 39.8 Å². The van der Waals surface area contributed by atoms with Gasteiger partial charge in [0.1, 0.15) is 17.3 Å². The van der Waals surface area contributed by atoms with E-state index in [0.717, 1.165) is 0 Å². The molecule has 2 aromatic carbocycles. The molecule has 3 rings (SSSR count). The Bertz CT molecular complexity index is 958. The van der Waals surface area contributed by atoms with E-state index in [9.17, 15) is 23.4 Å². The second-order valence-corrected chi connectivity index (χ2v) is 7.90. The predicted molar refractivity (Wildman–Crippen MR) is 109 cm³/mol. The number of aryl methyl sites for hydroxylation is 4. The molecule has 1 radical (unpaired) electrons. The van der Waals surface area contributed by atoms with E-state index < -0.39 is 11.8 Å². The Morgan fingerprint density at radius 1 is 0.833 bits per heavy atom. The van der Waals surface area contributed by atoms with Crippen molar-refractivity contribution in [2.45, 2.75) is 45.9 Å². The Morgan fingerprint density at radius 2 is 1.23 bits per heavy atom. The number of halogens is 3. The van der Waals surface area contributed by atoms with Crippen LogP contribution >= 0.6 is 0 Å².